The summed E-state index contributed by atoms with van der Waals surface area (Å²) in [5.74, 6) is 0.950. The summed E-state index contributed by atoms with van der Waals surface area (Å²) in [4.78, 5) is 11.7. The highest BCUT2D eigenvalue weighted by atomic mass is 35.5. The molecule has 2 aromatic carbocycles. The summed E-state index contributed by atoms with van der Waals surface area (Å²) in [5, 5.41) is 0.680. The zero-order valence-electron chi connectivity index (χ0n) is 11.4. The van der Waals surface area contributed by atoms with Gasteiger partial charge in [-0.2, -0.15) is 0 Å². The van der Waals surface area contributed by atoms with Gasteiger partial charge in [-0.05, 0) is 36.8 Å². The van der Waals surface area contributed by atoms with Crippen molar-refractivity contribution < 1.29 is 14.3 Å². The maximum Gasteiger partial charge on any atom is 0.167 e. The van der Waals surface area contributed by atoms with Crippen LogP contribution in [0, 0.1) is 0 Å². The Morgan fingerprint density at radius 3 is 2.35 bits per heavy atom. The molecule has 3 nitrogen and oxygen atoms in total. The van der Waals surface area contributed by atoms with E-state index in [0.29, 0.717) is 28.7 Å². The molecule has 0 N–H and O–H groups in total. The molecule has 4 heteroatoms. The van der Waals surface area contributed by atoms with Crippen molar-refractivity contribution in [1.29, 1.82) is 0 Å². The van der Waals surface area contributed by atoms with E-state index in [-0.39, 0.29) is 5.78 Å². The van der Waals surface area contributed by atoms with Crippen LogP contribution in [0.5, 0.6) is 11.5 Å². The van der Waals surface area contributed by atoms with Gasteiger partial charge in [0.2, 0.25) is 0 Å². The highest BCUT2D eigenvalue weighted by molar-refractivity contribution is 6.30. The Balaban J connectivity index is 2.21. The lowest BCUT2D eigenvalue weighted by Crippen LogP contribution is -2.04. The van der Waals surface area contributed by atoms with Crippen molar-refractivity contribution in [1.82, 2.24) is 0 Å². The van der Waals surface area contributed by atoms with E-state index in [1.807, 2.05) is 12.1 Å². The monoisotopic (exact) mass is 290 g/mol. The van der Waals surface area contributed by atoms with Crippen LogP contribution in [0.4, 0.5) is 0 Å². The lowest BCUT2D eigenvalue weighted by Gasteiger charge is -2.13. The van der Waals surface area contributed by atoms with Crippen LogP contribution in [0.2, 0.25) is 5.02 Å². The summed E-state index contributed by atoms with van der Waals surface area (Å²) in [6.07, 6.45) is 0. The van der Waals surface area contributed by atoms with Crippen LogP contribution in [-0.4, -0.2) is 12.9 Å². The van der Waals surface area contributed by atoms with Gasteiger partial charge in [-0.3, -0.25) is 4.79 Å². The van der Waals surface area contributed by atoms with Crippen molar-refractivity contribution in [2.45, 2.75) is 13.5 Å². The Morgan fingerprint density at radius 2 is 1.75 bits per heavy atom. The Bertz CT molecular complexity index is 606. The Hall–Kier alpha value is -2.00. The van der Waals surface area contributed by atoms with Crippen molar-refractivity contribution in [3.63, 3.8) is 0 Å². The molecule has 0 aliphatic carbocycles. The van der Waals surface area contributed by atoms with Crippen molar-refractivity contribution in [2.24, 2.45) is 0 Å². The Kier molecular flexibility index (Phi) is 4.64. The first-order valence-electron chi connectivity index (χ1n) is 6.17. The SMILES string of the molecule is COc1cccc(OCc2ccc(Cl)cc2)c1C(C)=O. The molecule has 0 unspecified atom stereocenters. The molecule has 0 amide bonds. The van der Waals surface area contributed by atoms with Crippen LogP contribution in [-0.2, 0) is 6.61 Å². The van der Waals surface area contributed by atoms with Gasteiger partial charge in [0.25, 0.3) is 0 Å². The van der Waals surface area contributed by atoms with Crippen LogP contribution >= 0.6 is 11.6 Å². The number of halogens is 1. The summed E-state index contributed by atoms with van der Waals surface area (Å²) in [7, 11) is 1.53. The fourth-order valence-electron chi connectivity index (χ4n) is 1.89. The topological polar surface area (TPSA) is 35.5 Å². The van der Waals surface area contributed by atoms with E-state index in [4.69, 9.17) is 21.1 Å². The first-order valence-corrected chi connectivity index (χ1v) is 6.55. The van der Waals surface area contributed by atoms with Crippen molar-refractivity contribution in [3.05, 3.63) is 58.6 Å². The molecule has 0 saturated carbocycles. The molecule has 0 fully saturated rings. The van der Waals surface area contributed by atoms with E-state index < -0.39 is 0 Å². The van der Waals surface area contributed by atoms with Gasteiger partial charge in [0.15, 0.2) is 5.78 Å². The minimum absolute atomic E-state index is 0.0893. The van der Waals surface area contributed by atoms with E-state index in [0.717, 1.165) is 5.56 Å². The van der Waals surface area contributed by atoms with Gasteiger partial charge in [-0.25, -0.2) is 0 Å². The highest BCUT2D eigenvalue weighted by Gasteiger charge is 2.14. The maximum atomic E-state index is 11.7. The fourth-order valence-corrected chi connectivity index (χ4v) is 2.02. The molecule has 0 atom stereocenters. The molecule has 20 heavy (non-hydrogen) atoms. The molecular weight excluding hydrogens is 276 g/mol. The van der Waals surface area contributed by atoms with E-state index in [1.165, 1.54) is 14.0 Å². The predicted molar refractivity (Wildman–Crippen MR) is 78.8 cm³/mol. The minimum Gasteiger partial charge on any atom is -0.496 e. The Morgan fingerprint density at radius 1 is 1.10 bits per heavy atom. The second-order valence-electron chi connectivity index (χ2n) is 4.30. The predicted octanol–water partition coefficient (Wildman–Crippen LogP) is 4.13. The zero-order chi connectivity index (χ0) is 14.5. The van der Waals surface area contributed by atoms with Crippen LogP contribution in [0.25, 0.3) is 0 Å². The number of Topliss-reactive ketones (excluding diaryl/α,β-unsaturated/α-hetero) is 1. The molecule has 0 aromatic heterocycles. The second kappa shape index (κ2) is 6.44. The number of ether oxygens (including phenoxy) is 2. The lowest BCUT2D eigenvalue weighted by molar-refractivity contribution is 0.101. The normalized spacial score (nSPS) is 10.2. The molecule has 2 aromatic rings. The summed E-state index contributed by atoms with van der Waals surface area (Å²) in [6.45, 7) is 1.86. The third-order valence-electron chi connectivity index (χ3n) is 2.87. The number of hydrogen-bond acceptors (Lipinski definition) is 3. The number of hydrogen-bond donors (Lipinski definition) is 0. The third kappa shape index (κ3) is 3.31. The number of methoxy groups -OCH3 is 1. The van der Waals surface area contributed by atoms with Crippen molar-refractivity contribution in [2.75, 3.05) is 7.11 Å². The first kappa shape index (κ1) is 14.4. The van der Waals surface area contributed by atoms with Crippen molar-refractivity contribution >= 4 is 17.4 Å². The highest BCUT2D eigenvalue weighted by Crippen LogP contribution is 2.29. The second-order valence-corrected chi connectivity index (χ2v) is 4.74. The quantitative estimate of drug-likeness (QED) is 0.777. The van der Waals surface area contributed by atoms with E-state index >= 15 is 0 Å². The molecule has 0 saturated heterocycles. The molecule has 0 bridgehead atoms. The number of ketones is 1. The lowest BCUT2D eigenvalue weighted by atomic mass is 10.1. The van der Waals surface area contributed by atoms with Crippen molar-refractivity contribution in [3.8, 4) is 11.5 Å². The first-order chi connectivity index (χ1) is 9.61. The summed E-state index contributed by atoms with van der Waals surface area (Å²) >= 11 is 5.83. The molecule has 104 valence electrons. The number of benzene rings is 2. The molecule has 2 rings (SSSR count). The molecule has 0 spiro atoms. The Labute approximate surface area is 123 Å². The largest absolute Gasteiger partial charge is 0.496 e. The van der Waals surface area contributed by atoms with Gasteiger partial charge >= 0.3 is 0 Å². The summed E-state index contributed by atoms with van der Waals surface area (Å²) < 4.78 is 10.9. The van der Waals surface area contributed by atoms with E-state index in [1.54, 1.807) is 30.3 Å². The van der Waals surface area contributed by atoms with Crippen LogP contribution in [0.15, 0.2) is 42.5 Å². The number of carbonyl (C=O) groups excluding carboxylic acids is 1. The average Bonchev–Trinajstić information content (AvgIpc) is 2.46. The number of rotatable bonds is 5. The van der Waals surface area contributed by atoms with Gasteiger partial charge in [-0.15, -0.1) is 0 Å². The fraction of sp³-hybridized carbons (Fsp3) is 0.188. The molecule has 0 aliphatic heterocycles. The molecule has 0 radical (unpaired) electrons. The van der Waals surface area contributed by atoms with Gasteiger partial charge in [0.05, 0.1) is 7.11 Å². The van der Waals surface area contributed by atoms with Gasteiger partial charge < -0.3 is 9.47 Å². The summed E-state index contributed by atoms with van der Waals surface area (Å²) in [6, 6.07) is 12.7. The minimum atomic E-state index is -0.0893. The van der Waals surface area contributed by atoms with E-state index in [9.17, 15) is 4.79 Å². The standard InChI is InChI=1S/C16H15ClO3/c1-11(18)16-14(19-2)4-3-5-15(16)20-10-12-6-8-13(17)9-7-12/h3-9H,10H2,1-2H3. The van der Waals surface area contributed by atoms with Crippen LogP contribution < -0.4 is 9.47 Å². The molecular formula is C16H15ClO3. The molecule has 0 aliphatic rings. The number of carbonyl (C=O) groups is 1. The van der Waals surface area contributed by atoms with Crippen LogP contribution in [0.1, 0.15) is 22.8 Å². The average molecular weight is 291 g/mol. The summed E-state index contributed by atoms with van der Waals surface area (Å²) in [5.41, 5.74) is 1.44. The van der Waals surface area contributed by atoms with E-state index in [2.05, 4.69) is 0 Å². The van der Waals surface area contributed by atoms with Crippen LogP contribution in [0.3, 0.4) is 0 Å². The van der Waals surface area contributed by atoms with Gasteiger partial charge in [-0.1, -0.05) is 29.8 Å². The maximum absolute atomic E-state index is 11.7. The zero-order valence-corrected chi connectivity index (χ0v) is 12.1. The van der Waals surface area contributed by atoms with Gasteiger partial charge in [0, 0.05) is 5.02 Å². The smallest absolute Gasteiger partial charge is 0.167 e. The van der Waals surface area contributed by atoms with Gasteiger partial charge in [0.1, 0.15) is 23.7 Å². The third-order valence-corrected chi connectivity index (χ3v) is 3.12. The molecule has 0 heterocycles.